The number of carbonyl (C=O) groups is 2. The standard InChI is InChI=1S/C29H30F2N4O4S2/c1-17(36)6-12-23(35-27(39)24-16-33-28(41-24)20-4-2-3-5-21(20)31)26(38)34-22(25(37)29-32-14-15-40-29)13-9-18-7-10-19(30)11-8-18/h2-5,7-8,10-11,14-17,22-23,25,36-37H,6,9,12-13H2,1H3,(H,34,38)(H,35,39)/t17?,22-,23-,25?/m0/s1. The predicted octanol–water partition coefficient (Wildman–Crippen LogP) is 4.66. The minimum atomic E-state index is -1.11. The Bertz CT molecular complexity index is 1430. The molecule has 2 aromatic carbocycles. The smallest absolute Gasteiger partial charge is 0.263 e. The number of amides is 2. The number of nitrogens with one attached hydrogen (secondary N) is 2. The molecule has 2 heterocycles. The summed E-state index contributed by atoms with van der Waals surface area (Å²) in [5.74, 6) is -1.94. The number of nitrogens with zero attached hydrogens (tertiary/aromatic N) is 2. The number of aromatic nitrogens is 2. The van der Waals surface area contributed by atoms with Gasteiger partial charge in [0.15, 0.2) is 0 Å². The maximum atomic E-state index is 14.2. The van der Waals surface area contributed by atoms with Crippen LogP contribution in [0.4, 0.5) is 8.78 Å². The van der Waals surface area contributed by atoms with E-state index in [9.17, 15) is 28.6 Å². The molecule has 0 saturated heterocycles. The molecule has 0 aliphatic carbocycles. The Balaban J connectivity index is 1.49. The van der Waals surface area contributed by atoms with Gasteiger partial charge >= 0.3 is 0 Å². The first kappa shape index (κ1) is 30.4. The fraction of sp³-hybridized carbons (Fsp3) is 0.310. The third kappa shape index (κ3) is 8.46. The molecule has 0 bridgehead atoms. The number of aliphatic hydroxyl groups is 2. The largest absolute Gasteiger partial charge is 0.393 e. The molecule has 0 aliphatic rings. The van der Waals surface area contributed by atoms with Crippen molar-refractivity contribution in [1.82, 2.24) is 20.6 Å². The summed E-state index contributed by atoms with van der Waals surface area (Å²) in [6, 6.07) is 10.3. The van der Waals surface area contributed by atoms with Crippen molar-refractivity contribution in [2.24, 2.45) is 0 Å². The van der Waals surface area contributed by atoms with Crippen LogP contribution in [0, 0.1) is 11.6 Å². The summed E-state index contributed by atoms with van der Waals surface area (Å²) in [4.78, 5) is 35.1. The van der Waals surface area contributed by atoms with Crippen LogP contribution in [0.15, 0.2) is 66.3 Å². The van der Waals surface area contributed by atoms with Gasteiger partial charge in [0, 0.05) is 17.1 Å². The van der Waals surface area contributed by atoms with Crippen molar-refractivity contribution in [3.63, 3.8) is 0 Å². The number of halogens is 2. The highest BCUT2D eigenvalue weighted by atomic mass is 32.1. The fourth-order valence-electron chi connectivity index (χ4n) is 4.16. The van der Waals surface area contributed by atoms with Gasteiger partial charge in [0.05, 0.1) is 18.3 Å². The molecule has 4 rings (SSSR count). The lowest BCUT2D eigenvalue weighted by Crippen LogP contribution is -2.51. The highest BCUT2D eigenvalue weighted by molar-refractivity contribution is 7.16. The maximum absolute atomic E-state index is 14.2. The molecule has 8 nitrogen and oxygen atoms in total. The Hall–Kier alpha value is -3.58. The molecule has 0 aliphatic heterocycles. The van der Waals surface area contributed by atoms with Crippen LogP contribution < -0.4 is 10.6 Å². The second-order valence-corrected chi connectivity index (χ2v) is 11.5. The predicted molar refractivity (Wildman–Crippen MR) is 153 cm³/mol. The van der Waals surface area contributed by atoms with E-state index < -0.39 is 41.9 Å². The van der Waals surface area contributed by atoms with E-state index in [0.717, 1.165) is 16.9 Å². The summed E-state index contributed by atoms with van der Waals surface area (Å²) < 4.78 is 27.5. The Morgan fingerprint density at radius 2 is 1.73 bits per heavy atom. The number of thiazole rings is 2. The van der Waals surface area contributed by atoms with Gasteiger partial charge in [-0.05, 0) is 62.4 Å². The van der Waals surface area contributed by atoms with Gasteiger partial charge in [-0.25, -0.2) is 18.7 Å². The lowest BCUT2D eigenvalue weighted by Gasteiger charge is -2.26. The van der Waals surface area contributed by atoms with Crippen LogP contribution in [0.5, 0.6) is 0 Å². The quantitative estimate of drug-likeness (QED) is 0.177. The van der Waals surface area contributed by atoms with E-state index in [0.29, 0.717) is 22.9 Å². The Labute approximate surface area is 244 Å². The van der Waals surface area contributed by atoms with Gasteiger partial charge in [-0.3, -0.25) is 9.59 Å². The zero-order valence-electron chi connectivity index (χ0n) is 22.2. The summed E-state index contributed by atoms with van der Waals surface area (Å²) in [7, 11) is 0. The van der Waals surface area contributed by atoms with E-state index in [1.165, 1.54) is 35.7 Å². The summed E-state index contributed by atoms with van der Waals surface area (Å²) in [5, 5.41) is 28.9. The van der Waals surface area contributed by atoms with E-state index in [1.807, 2.05) is 0 Å². The Kier molecular flexibility index (Phi) is 10.6. The molecule has 0 spiro atoms. The topological polar surface area (TPSA) is 124 Å². The molecule has 0 saturated carbocycles. The Morgan fingerprint density at radius 3 is 2.41 bits per heavy atom. The zero-order chi connectivity index (χ0) is 29.4. The normalized spacial score (nSPS) is 14.2. The molecule has 0 radical (unpaired) electrons. The number of carbonyl (C=O) groups excluding carboxylic acids is 2. The van der Waals surface area contributed by atoms with Crippen LogP contribution in [-0.2, 0) is 11.2 Å². The second kappa shape index (κ2) is 14.4. The van der Waals surface area contributed by atoms with E-state index in [-0.39, 0.29) is 29.1 Å². The van der Waals surface area contributed by atoms with Gasteiger partial charge in [0.1, 0.15) is 38.7 Å². The molecular weight excluding hydrogens is 570 g/mol. The van der Waals surface area contributed by atoms with Crippen molar-refractivity contribution in [1.29, 1.82) is 0 Å². The summed E-state index contributed by atoms with van der Waals surface area (Å²) in [6.07, 6.45) is 2.17. The number of aliphatic hydroxyl groups excluding tert-OH is 2. The summed E-state index contributed by atoms with van der Waals surface area (Å²) in [5.41, 5.74) is 1.09. The number of benzene rings is 2. The SMILES string of the molecule is CC(O)CC[C@H](NC(=O)c1cnc(-c2ccccc2F)s1)C(=O)N[C@@H](CCc1ccc(F)cc1)C(O)c1nccs1. The highest BCUT2D eigenvalue weighted by Gasteiger charge is 2.29. The molecule has 4 atom stereocenters. The van der Waals surface area contributed by atoms with Crippen LogP contribution in [0.1, 0.15) is 52.5 Å². The third-order valence-corrected chi connectivity index (χ3v) is 8.27. The van der Waals surface area contributed by atoms with Gasteiger partial charge in [-0.15, -0.1) is 22.7 Å². The first-order valence-electron chi connectivity index (χ1n) is 13.0. The van der Waals surface area contributed by atoms with Gasteiger partial charge in [0.25, 0.3) is 5.91 Å². The number of aryl methyl sites for hydroxylation is 1. The number of hydrogen-bond donors (Lipinski definition) is 4. The number of hydrogen-bond acceptors (Lipinski definition) is 8. The molecule has 2 unspecified atom stereocenters. The van der Waals surface area contributed by atoms with Gasteiger partial charge < -0.3 is 20.8 Å². The molecule has 2 amide bonds. The fourth-order valence-corrected chi connectivity index (χ4v) is 5.70. The van der Waals surface area contributed by atoms with Crippen molar-refractivity contribution in [3.8, 4) is 10.6 Å². The lowest BCUT2D eigenvalue weighted by molar-refractivity contribution is -0.125. The molecule has 4 aromatic rings. The average molecular weight is 601 g/mol. The molecule has 41 heavy (non-hydrogen) atoms. The highest BCUT2D eigenvalue weighted by Crippen LogP contribution is 2.27. The first-order valence-corrected chi connectivity index (χ1v) is 14.7. The number of rotatable bonds is 13. The zero-order valence-corrected chi connectivity index (χ0v) is 23.8. The van der Waals surface area contributed by atoms with Crippen LogP contribution in [0.3, 0.4) is 0 Å². The summed E-state index contributed by atoms with van der Waals surface area (Å²) in [6.45, 7) is 1.58. The van der Waals surface area contributed by atoms with E-state index in [2.05, 4.69) is 20.6 Å². The minimum Gasteiger partial charge on any atom is -0.393 e. The molecular formula is C29H30F2N4O4S2. The van der Waals surface area contributed by atoms with Gasteiger partial charge in [-0.2, -0.15) is 0 Å². The Morgan fingerprint density at radius 1 is 0.976 bits per heavy atom. The van der Waals surface area contributed by atoms with Crippen molar-refractivity contribution in [2.75, 3.05) is 0 Å². The first-order chi connectivity index (χ1) is 19.7. The van der Waals surface area contributed by atoms with Gasteiger partial charge in [0.2, 0.25) is 5.91 Å². The molecule has 0 fully saturated rings. The minimum absolute atomic E-state index is 0.131. The van der Waals surface area contributed by atoms with Crippen molar-refractivity contribution in [2.45, 2.75) is 56.9 Å². The van der Waals surface area contributed by atoms with Crippen LogP contribution in [0.2, 0.25) is 0 Å². The summed E-state index contributed by atoms with van der Waals surface area (Å²) >= 11 is 2.24. The monoisotopic (exact) mass is 600 g/mol. The van der Waals surface area contributed by atoms with E-state index >= 15 is 0 Å². The maximum Gasteiger partial charge on any atom is 0.263 e. The van der Waals surface area contributed by atoms with Gasteiger partial charge in [-0.1, -0.05) is 24.3 Å². The van der Waals surface area contributed by atoms with Crippen LogP contribution >= 0.6 is 22.7 Å². The lowest BCUT2D eigenvalue weighted by atomic mass is 10.00. The average Bonchev–Trinajstić information content (AvgIpc) is 3.67. The second-order valence-electron chi connectivity index (χ2n) is 9.56. The third-order valence-electron chi connectivity index (χ3n) is 6.40. The van der Waals surface area contributed by atoms with Crippen molar-refractivity contribution in [3.05, 3.63) is 93.4 Å². The van der Waals surface area contributed by atoms with Crippen molar-refractivity contribution >= 4 is 34.5 Å². The van der Waals surface area contributed by atoms with Crippen LogP contribution in [0.25, 0.3) is 10.6 Å². The molecule has 216 valence electrons. The van der Waals surface area contributed by atoms with Crippen molar-refractivity contribution < 1.29 is 28.6 Å². The molecule has 4 N–H and O–H groups in total. The van der Waals surface area contributed by atoms with E-state index in [1.54, 1.807) is 48.8 Å². The molecule has 12 heteroatoms. The van der Waals surface area contributed by atoms with Crippen LogP contribution in [-0.4, -0.2) is 50.2 Å². The molecule has 2 aromatic heterocycles. The van der Waals surface area contributed by atoms with E-state index in [4.69, 9.17) is 0 Å².